The molecule has 0 aliphatic heterocycles. The molecule has 44 heavy (non-hydrogen) atoms. The first-order valence-corrected chi connectivity index (χ1v) is 15.2. The third-order valence-electron chi connectivity index (χ3n) is 7.50. The van der Waals surface area contributed by atoms with Crippen LogP contribution in [-0.4, -0.2) is 57.0 Å². The number of rotatable bonds is 11. The molecule has 0 aliphatic rings. The first kappa shape index (κ1) is 29.1. The highest BCUT2D eigenvalue weighted by Crippen LogP contribution is 2.27. The van der Waals surface area contributed by atoms with Gasteiger partial charge in [-0.2, -0.15) is 5.10 Å². The fraction of sp³-hybridized carbons (Fsp3) is 0.242. The number of nitrogens with zero attached hydrogens (tertiary/aromatic N) is 2. The molecule has 3 aromatic carbocycles. The van der Waals surface area contributed by atoms with Gasteiger partial charge in [0.25, 0.3) is 5.91 Å². The number of methoxy groups -OCH3 is 1. The number of fused-ring (bicyclic) bond motifs is 3. The maximum Gasteiger partial charge on any atom is 0.268 e. The number of benzene rings is 3. The lowest BCUT2D eigenvalue weighted by molar-refractivity contribution is -0.123. The fourth-order valence-electron chi connectivity index (χ4n) is 5.34. The summed E-state index contributed by atoms with van der Waals surface area (Å²) in [5, 5.41) is 15.2. The number of hydrogen-bond acceptors (Lipinski definition) is 7. The van der Waals surface area contributed by atoms with Crippen molar-refractivity contribution in [2.45, 2.75) is 38.8 Å². The Labute approximate surface area is 257 Å². The third kappa shape index (κ3) is 5.91. The number of Topliss-reactive ketones (excluding diaryl/α,β-unsaturated/α-hetero) is 1. The number of carbonyl (C=O) groups excluding carboxylic acids is 3. The molecule has 0 unspecified atom stereocenters. The van der Waals surface area contributed by atoms with Crippen LogP contribution in [0.3, 0.4) is 0 Å². The molecule has 2 amide bonds. The second-order valence-electron chi connectivity index (χ2n) is 11.1. The zero-order valence-corrected chi connectivity index (χ0v) is 25.3. The fourth-order valence-corrected chi connectivity index (χ4v) is 6.30. The van der Waals surface area contributed by atoms with Crippen molar-refractivity contribution in [2.24, 2.45) is 5.92 Å². The summed E-state index contributed by atoms with van der Waals surface area (Å²) in [5.74, 6) is -0.487. The molecule has 10 nitrogen and oxygen atoms in total. The Kier molecular flexibility index (Phi) is 8.12. The zero-order chi connectivity index (χ0) is 30.8. The summed E-state index contributed by atoms with van der Waals surface area (Å²) in [6.07, 6.45) is 0.517. The minimum atomic E-state index is -0.960. The van der Waals surface area contributed by atoms with Crippen LogP contribution in [0.15, 0.2) is 72.8 Å². The predicted molar refractivity (Wildman–Crippen MR) is 171 cm³/mol. The summed E-state index contributed by atoms with van der Waals surface area (Å²) in [7, 11) is 1.57. The van der Waals surface area contributed by atoms with Crippen molar-refractivity contribution in [2.75, 3.05) is 7.11 Å². The van der Waals surface area contributed by atoms with E-state index in [1.54, 1.807) is 13.2 Å². The van der Waals surface area contributed by atoms with E-state index in [0.717, 1.165) is 32.0 Å². The molecule has 0 spiro atoms. The van der Waals surface area contributed by atoms with Gasteiger partial charge in [-0.1, -0.05) is 50.2 Å². The van der Waals surface area contributed by atoms with Crippen molar-refractivity contribution in [3.8, 4) is 5.75 Å². The van der Waals surface area contributed by atoms with Crippen molar-refractivity contribution >= 4 is 61.0 Å². The number of amides is 2. The van der Waals surface area contributed by atoms with E-state index in [1.807, 2.05) is 80.6 Å². The number of para-hydroxylation sites is 2. The van der Waals surface area contributed by atoms with Gasteiger partial charge in [0.1, 0.15) is 23.5 Å². The van der Waals surface area contributed by atoms with Gasteiger partial charge in [0, 0.05) is 22.7 Å². The summed E-state index contributed by atoms with van der Waals surface area (Å²) < 4.78 is 6.31. The molecule has 6 aromatic rings. The molecule has 11 heteroatoms. The lowest BCUT2D eigenvalue weighted by Gasteiger charge is -2.23. The molecular formula is C33H32N6O4S. The highest BCUT2D eigenvalue weighted by atomic mass is 32.1. The second-order valence-corrected chi connectivity index (χ2v) is 12.1. The van der Waals surface area contributed by atoms with Crippen molar-refractivity contribution in [3.05, 3.63) is 89.2 Å². The summed E-state index contributed by atoms with van der Waals surface area (Å²) >= 11 is 1.28. The van der Waals surface area contributed by atoms with Gasteiger partial charge >= 0.3 is 0 Å². The van der Waals surface area contributed by atoms with Crippen molar-refractivity contribution in [3.63, 3.8) is 0 Å². The van der Waals surface area contributed by atoms with E-state index < -0.39 is 23.9 Å². The van der Waals surface area contributed by atoms with Crippen LogP contribution in [0, 0.1) is 5.92 Å². The van der Waals surface area contributed by atoms with Crippen LogP contribution in [0.2, 0.25) is 0 Å². The Bertz CT molecular complexity index is 1960. The molecule has 0 bridgehead atoms. The zero-order valence-electron chi connectivity index (χ0n) is 24.5. The molecular weight excluding hydrogens is 576 g/mol. The van der Waals surface area contributed by atoms with Crippen LogP contribution in [0.1, 0.15) is 46.3 Å². The van der Waals surface area contributed by atoms with E-state index in [9.17, 15) is 14.4 Å². The number of ether oxygens (including phenoxy) is 1. The average molecular weight is 609 g/mol. The monoisotopic (exact) mass is 608 g/mol. The largest absolute Gasteiger partial charge is 0.496 e. The molecule has 224 valence electrons. The molecule has 0 fully saturated rings. The van der Waals surface area contributed by atoms with Crippen LogP contribution >= 0.6 is 11.3 Å². The quantitative estimate of drug-likeness (QED) is 0.145. The van der Waals surface area contributed by atoms with E-state index in [4.69, 9.17) is 4.74 Å². The number of carbonyl (C=O) groups is 3. The topological polar surface area (TPSA) is 142 Å². The van der Waals surface area contributed by atoms with Crippen LogP contribution in [0.25, 0.3) is 32.0 Å². The number of ketones is 1. The summed E-state index contributed by atoms with van der Waals surface area (Å²) in [6.45, 7) is 3.94. The standard InChI is InChI=1S/C33H32N6O4S/c1-18(2)15-26(36-32(42)27-16-20-21(34-27)12-8-13-28(20)43-3)31(41)35-25(17-24-19-9-4-5-10-22(19)38-39-24)30(40)33-37-23-11-6-7-14-29(23)44-33/h4-14,16,18,25-26,34H,15,17H2,1-3H3,(H,35,41)(H,36,42)(H,38,39)/t25-,26-/m0/s1. The van der Waals surface area contributed by atoms with Gasteiger partial charge in [0.05, 0.1) is 28.5 Å². The molecule has 0 saturated heterocycles. The van der Waals surface area contributed by atoms with E-state index >= 15 is 0 Å². The van der Waals surface area contributed by atoms with Gasteiger partial charge in [-0.3, -0.25) is 19.5 Å². The van der Waals surface area contributed by atoms with Crippen molar-refractivity contribution < 1.29 is 19.1 Å². The Balaban J connectivity index is 1.28. The first-order chi connectivity index (χ1) is 21.3. The minimum Gasteiger partial charge on any atom is -0.496 e. The highest BCUT2D eigenvalue weighted by molar-refractivity contribution is 7.20. The first-order valence-electron chi connectivity index (χ1n) is 14.4. The number of H-pyrrole nitrogens is 2. The van der Waals surface area contributed by atoms with Crippen LogP contribution < -0.4 is 15.4 Å². The van der Waals surface area contributed by atoms with Crippen molar-refractivity contribution in [1.82, 2.24) is 30.8 Å². The van der Waals surface area contributed by atoms with E-state index in [2.05, 4.69) is 30.8 Å². The van der Waals surface area contributed by atoms with Crippen LogP contribution in [0.5, 0.6) is 5.75 Å². The molecule has 3 heterocycles. The molecule has 4 N–H and O–H groups in total. The van der Waals surface area contributed by atoms with E-state index in [1.165, 1.54) is 11.3 Å². The summed E-state index contributed by atoms with van der Waals surface area (Å²) in [5.41, 5.74) is 3.25. The van der Waals surface area contributed by atoms with Crippen LogP contribution in [-0.2, 0) is 11.2 Å². The Morgan fingerprint density at radius 1 is 0.909 bits per heavy atom. The smallest absolute Gasteiger partial charge is 0.268 e. The van der Waals surface area contributed by atoms with Gasteiger partial charge in [-0.05, 0) is 48.7 Å². The van der Waals surface area contributed by atoms with E-state index in [-0.39, 0.29) is 18.1 Å². The summed E-state index contributed by atoms with van der Waals surface area (Å²) in [4.78, 5) is 48.9. The molecule has 3 aromatic heterocycles. The minimum absolute atomic E-state index is 0.0857. The molecule has 6 rings (SSSR count). The Morgan fingerprint density at radius 3 is 2.48 bits per heavy atom. The number of aromatic nitrogens is 4. The van der Waals surface area contributed by atoms with Gasteiger partial charge in [0.2, 0.25) is 11.7 Å². The van der Waals surface area contributed by atoms with Gasteiger partial charge in [-0.15, -0.1) is 11.3 Å². The van der Waals surface area contributed by atoms with Crippen molar-refractivity contribution in [1.29, 1.82) is 0 Å². The number of aromatic amines is 2. The maximum atomic E-state index is 14.0. The molecule has 0 radical (unpaired) electrons. The van der Waals surface area contributed by atoms with Gasteiger partial charge in [-0.25, -0.2) is 4.98 Å². The Morgan fingerprint density at radius 2 is 1.68 bits per heavy atom. The Hall–Kier alpha value is -5.03. The average Bonchev–Trinajstić information content (AvgIpc) is 3.76. The lowest BCUT2D eigenvalue weighted by Crippen LogP contribution is -2.52. The number of hydrogen-bond donors (Lipinski definition) is 4. The normalized spacial score (nSPS) is 12.9. The molecule has 0 aliphatic carbocycles. The molecule has 0 saturated carbocycles. The highest BCUT2D eigenvalue weighted by Gasteiger charge is 2.31. The van der Waals surface area contributed by atoms with Gasteiger partial charge < -0.3 is 20.4 Å². The van der Waals surface area contributed by atoms with Crippen LogP contribution in [0.4, 0.5) is 0 Å². The number of nitrogens with one attached hydrogen (secondary N) is 4. The summed E-state index contributed by atoms with van der Waals surface area (Å²) in [6, 6.07) is 20.5. The third-order valence-corrected chi connectivity index (χ3v) is 8.55. The van der Waals surface area contributed by atoms with E-state index in [0.29, 0.717) is 28.6 Å². The lowest BCUT2D eigenvalue weighted by atomic mass is 10.0. The second kappa shape index (κ2) is 12.3. The number of thiazole rings is 1. The predicted octanol–water partition coefficient (Wildman–Crippen LogP) is 5.42. The molecule has 2 atom stereocenters. The van der Waals surface area contributed by atoms with Gasteiger partial charge in [0.15, 0.2) is 5.01 Å². The maximum absolute atomic E-state index is 14.0. The SMILES string of the molecule is COc1cccc2[nH]c(C(=O)N[C@@H](CC(C)C)C(=O)N[C@@H](Cc3n[nH]c4ccccc34)C(=O)c3nc4ccccc4s3)cc12.